The zero-order valence-electron chi connectivity index (χ0n) is 15.3. The van der Waals surface area contributed by atoms with Gasteiger partial charge in [-0.1, -0.05) is 25.3 Å². The maximum absolute atomic E-state index is 12.2. The number of hydrogen-bond donors (Lipinski definition) is 2. The molecule has 7 heteroatoms. The first-order valence-corrected chi connectivity index (χ1v) is 10.5. The first-order valence-electron chi connectivity index (χ1n) is 9.60. The summed E-state index contributed by atoms with van der Waals surface area (Å²) in [6.07, 6.45) is 5.76. The Morgan fingerprint density at radius 2 is 1.85 bits per heavy atom. The Morgan fingerprint density at radius 3 is 2.54 bits per heavy atom. The first kappa shape index (κ1) is 19.3. The second-order valence-electron chi connectivity index (χ2n) is 7.21. The fraction of sp³-hybridized carbons (Fsp3) is 0.684. The van der Waals surface area contributed by atoms with Crippen LogP contribution in [-0.2, 0) is 19.7 Å². The van der Waals surface area contributed by atoms with Gasteiger partial charge in [0.15, 0.2) is 0 Å². The molecule has 1 saturated carbocycles. The van der Waals surface area contributed by atoms with E-state index in [1.165, 1.54) is 24.1 Å². The standard InChI is InChI=1S/C19H29N3O3S/c23-17(20-8-9-22-10-12-25-13-11-22)18(24)21-15-19(6-2-1-3-7-19)16-5-4-14-26-16/h4-5,14H,1-3,6-13,15H2,(H,20,23)(H,21,24). The van der Waals surface area contributed by atoms with E-state index in [1.807, 2.05) is 0 Å². The lowest BCUT2D eigenvalue weighted by Crippen LogP contribution is -2.48. The number of ether oxygens (including phenoxy) is 1. The van der Waals surface area contributed by atoms with Gasteiger partial charge in [-0.3, -0.25) is 14.5 Å². The van der Waals surface area contributed by atoms with Crippen molar-refractivity contribution in [1.82, 2.24) is 15.5 Å². The number of rotatable bonds is 6. The Labute approximate surface area is 159 Å². The number of nitrogens with one attached hydrogen (secondary N) is 2. The number of hydrogen-bond acceptors (Lipinski definition) is 5. The fourth-order valence-corrected chi connectivity index (χ4v) is 4.87. The molecule has 1 aliphatic carbocycles. The molecule has 0 aromatic carbocycles. The molecule has 1 aromatic heterocycles. The van der Waals surface area contributed by atoms with E-state index in [1.54, 1.807) is 11.3 Å². The highest BCUT2D eigenvalue weighted by Crippen LogP contribution is 2.41. The van der Waals surface area contributed by atoms with Crippen molar-refractivity contribution < 1.29 is 14.3 Å². The zero-order valence-corrected chi connectivity index (χ0v) is 16.1. The topological polar surface area (TPSA) is 70.7 Å². The molecule has 3 rings (SSSR count). The maximum atomic E-state index is 12.2. The van der Waals surface area contributed by atoms with Crippen LogP contribution in [0.5, 0.6) is 0 Å². The minimum absolute atomic E-state index is 0.00381. The molecular formula is C19H29N3O3S. The summed E-state index contributed by atoms with van der Waals surface area (Å²) < 4.78 is 5.30. The molecule has 0 radical (unpaired) electrons. The summed E-state index contributed by atoms with van der Waals surface area (Å²) in [5.74, 6) is -1.05. The van der Waals surface area contributed by atoms with E-state index >= 15 is 0 Å². The number of nitrogens with zero attached hydrogens (tertiary/aromatic N) is 1. The molecule has 144 valence electrons. The van der Waals surface area contributed by atoms with E-state index in [4.69, 9.17) is 4.74 Å². The molecule has 1 aliphatic heterocycles. The number of amides is 2. The van der Waals surface area contributed by atoms with E-state index in [9.17, 15) is 9.59 Å². The van der Waals surface area contributed by atoms with Gasteiger partial charge in [-0.05, 0) is 24.3 Å². The smallest absolute Gasteiger partial charge is 0.309 e. The summed E-state index contributed by atoms with van der Waals surface area (Å²) in [5.41, 5.74) is -0.00381. The molecule has 26 heavy (non-hydrogen) atoms. The normalized spacial score (nSPS) is 20.5. The van der Waals surface area contributed by atoms with Crippen LogP contribution in [0.15, 0.2) is 17.5 Å². The van der Waals surface area contributed by atoms with Gasteiger partial charge < -0.3 is 15.4 Å². The third-order valence-electron chi connectivity index (χ3n) is 5.47. The highest BCUT2D eigenvalue weighted by atomic mass is 32.1. The number of thiophene rings is 1. The van der Waals surface area contributed by atoms with Crippen LogP contribution >= 0.6 is 11.3 Å². The van der Waals surface area contributed by atoms with Gasteiger partial charge in [0.1, 0.15) is 0 Å². The SMILES string of the molecule is O=C(NCCN1CCOCC1)C(=O)NCC1(c2cccs2)CCCCC1. The third-order valence-corrected chi connectivity index (χ3v) is 6.58. The lowest BCUT2D eigenvalue weighted by Gasteiger charge is -2.36. The van der Waals surface area contributed by atoms with Crippen LogP contribution < -0.4 is 10.6 Å². The molecule has 0 bridgehead atoms. The Hall–Kier alpha value is -1.44. The second kappa shape index (κ2) is 9.48. The third kappa shape index (κ3) is 5.05. The average molecular weight is 380 g/mol. The predicted molar refractivity (Wildman–Crippen MR) is 102 cm³/mol. The van der Waals surface area contributed by atoms with Crippen LogP contribution in [0.25, 0.3) is 0 Å². The van der Waals surface area contributed by atoms with Crippen molar-refractivity contribution in [3.05, 3.63) is 22.4 Å². The second-order valence-corrected chi connectivity index (χ2v) is 8.16. The maximum Gasteiger partial charge on any atom is 0.309 e. The van der Waals surface area contributed by atoms with Gasteiger partial charge in [0, 0.05) is 43.0 Å². The van der Waals surface area contributed by atoms with Crippen LogP contribution in [0.1, 0.15) is 37.0 Å². The number of morpholine rings is 1. The fourth-order valence-electron chi connectivity index (χ4n) is 3.88. The van der Waals surface area contributed by atoms with Gasteiger partial charge >= 0.3 is 11.8 Å². The van der Waals surface area contributed by atoms with Crippen LogP contribution in [0.2, 0.25) is 0 Å². The highest BCUT2D eigenvalue weighted by molar-refractivity contribution is 7.10. The number of carbonyl (C=O) groups excluding carboxylic acids is 2. The van der Waals surface area contributed by atoms with E-state index in [2.05, 4.69) is 33.0 Å². The van der Waals surface area contributed by atoms with Crippen molar-refractivity contribution in [2.24, 2.45) is 0 Å². The summed E-state index contributed by atoms with van der Waals surface area (Å²) in [6, 6.07) is 4.22. The Kier molecular flexibility index (Phi) is 7.05. The van der Waals surface area contributed by atoms with E-state index in [-0.39, 0.29) is 5.41 Å². The Morgan fingerprint density at radius 1 is 1.12 bits per heavy atom. The summed E-state index contributed by atoms with van der Waals surface area (Å²) >= 11 is 1.75. The molecule has 2 amide bonds. The number of carbonyl (C=O) groups is 2. The lowest BCUT2D eigenvalue weighted by atomic mass is 9.73. The molecule has 0 unspecified atom stereocenters. The summed E-state index contributed by atoms with van der Waals surface area (Å²) in [4.78, 5) is 27.9. The molecule has 2 heterocycles. The summed E-state index contributed by atoms with van der Waals surface area (Å²) in [7, 11) is 0. The van der Waals surface area contributed by atoms with Crippen molar-refractivity contribution in [2.45, 2.75) is 37.5 Å². The Balaban J connectivity index is 1.44. The van der Waals surface area contributed by atoms with Crippen LogP contribution in [0, 0.1) is 0 Å². The van der Waals surface area contributed by atoms with Crippen molar-refractivity contribution in [3.8, 4) is 0 Å². The highest BCUT2D eigenvalue weighted by Gasteiger charge is 2.35. The largest absolute Gasteiger partial charge is 0.379 e. The van der Waals surface area contributed by atoms with E-state index in [0.717, 1.165) is 45.7 Å². The van der Waals surface area contributed by atoms with Gasteiger partial charge in [0.25, 0.3) is 0 Å². The molecule has 1 aromatic rings. The molecule has 2 N–H and O–H groups in total. The summed E-state index contributed by atoms with van der Waals surface area (Å²) in [6.45, 7) is 5.02. The molecular weight excluding hydrogens is 350 g/mol. The predicted octanol–water partition coefficient (Wildman–Crippen LogP) is 1.51. The van der Waals surface area contributed by atoms with Crippen molar-refractivity contribution in [2.75, 3.05) is 45.9 Å². The van der Waals surface area contributed by atoms with Crippen molar-refractivity contribution >= 4 is 23.2 Å². The van der Waals surface area contributed by atoms with Gasteiger partial charge in [-0.25, -0.2) is 0 Å². The van der Waals surface area contributed by atoms with Gasteiger partial charge in [0.2, 0.25) is 0 Å². The first-order chi connectivity index (χ1) is 12.7. The monoisotopic (exact) mass is 379 g/mol. The molecule has 0 atom stereocenters. The van der Waals surface area contributed by atoms with Crippen LogP contribution in [-0.4, -0.2) is 62.7 Å². The average Bonchev–Trinajstić information content (AvgIpc) is 3.23. The van der Waals surface area contributed by atoms with Gasteiger partial charge in [-0.2, -0.15) is 0 Å². The molecule has 1 saturated heterocycles. The molecule has 0 spiro atoms. The van der Waals surface area contributed by atoms with Gasteiger partial charge in [-0.15, -0.1) is 11.3 Å². The zero-order chi connectivity index (χ0) is 18.2. The van der Waals surface area contributed by atoms with E-state index < -0.39 is 11.8 Å². The lowest BCUT2D eigenvalue weighted by molar-refractivity contribution is -0.139. The summed E-state index contributed by atoms with van der Waals surface area (Å²) in [5, 5.41) is 7.71. The molecule has 2 fully saturated rings. The van der Waals surface area contributed by atoms with E-state index in [0.29, 0.717) is 13.1 Å². The molecule has 6 nitrogen and oxygen atoms in total. The van der Waals surface area contributed by atoms with Crippen molar-refractivity contribution in [1.29, 1.82) is 0 Å². The van der Waals surface area contributed by atoms with Crippen LogP contribution in [0.4, 0.5) is 0 Å². The minimum atomic E-state index is -0.532. The molecule has 2 aliphatic rings. The quantitative estimate of drug-likeness (QED) is 0.735. The Bertz CT molecular complexity index is 579. The minimum Gasteiger partial charge on any atom is -0.379 e. The van der Waals surface area contributed by atoms with Crippen molar-refractivity contribution in [3.63, 3.8) is 0 Å². The van der Waals surface area contributed by atoms with Crippen LogP contribution in [0.3, 0.4) is 0 Å². The van der Waals surface area contributed by atoms with Gasteiger partial charge in [0.05, 0.1) is 13.2 Å².